The first-order chi connectivity index (χ1) is 12.6. The summed E-state index contributed by atoms with van der Waals surface area (Å²) in [6.45, 7) is 9.04. The van der Waals surface area contributed by atoms with Crippen molar-refractivity contribution < 1.29 is 18.7 Å². The standard InChI is InChI=1S/C21H22O5S/c1-12-10-27-11-17(12)16-9-19(22)25-18-8-14(6-7-15(16)18)24-13(2)20(23)26-21(3,4)5/h6-11,13H,1-5H3/t13-/m1/s1. The summed E-state index contributed by atoms with van der Waals surface area (Å²) >= 11 is 1.59. The van der Waals surface area contributed by atoms with E-state index in [0.717, 1.165) is 22.1 Å². The summed E-state index contributed by atoms with van der Waals surface area (Å²) in [6.07, 6.45) is -0.782. The lowest BCUT2D eigenvalue weighted by atomic mass is 10.0. The van der Waals surface area contributed by atoms with Crippen molar-refractivity contribution in [2.75, 3.05) is 0 Å². The molecule has 6 heteroatoms. The molecule has 0 N–H and O–H groups in total. The molecule has 3 aromatic rings. The molecule has 0 aliphatic carbocycles. The molecule has 3 rings (SSSR count). The van der Waals surface area contributed by atoms with Crippen LogP contribution in [0, 0.1) is 6.92 Å². The van der Waals surface area contributed by atoms with Crippen LogP contribution in [0.5, 0.6) is 5.75 Å². The zero-order chi connectivity index (χ0) is 19.8. The molecule has 5 nitrogen and oxygen atoms in total. The summed E-state index contributed by atoms with van der Waals surface area (Å²) in [5.41, 5.74) is 2.33. The van der Waals surface area contributed by atoms with Gasteiger partial charge in [-0.1, -0.05) is 0 Å². The van der Waals surface area contributed by atoms with E-state index >= 15 is 0 Å². The van der Waals surface area contributed by atoms with E-state index in [1.54, 1.807) is 51.2 Å². The van der Waals surface area contributed by atoms with Gasteiger partial charge in [-0.2, -0.15) is 11.3 Å². The van der Waals surface area contributed by atoms with Crippen molar-refractivity contribution in [2.45, 2.75) is 46.3 Å². The molecule has 2 heterocycles. The molecule has 142 valence electrons. The van der Waals surface area contributed by atoms with Gasteiger partial charge in [0.05, 0.1) is 0 Å². The highest BCUT2D eigenvalue weighted by Gasteiger charge is 2.23. The van der Waals surface area contributed by atoms with Crippen LogP contribution in [0.25, 0.3) is 22.1 Å². The summed E-state index contributed by atoms with van der Waals surface area (Å²) in [5, 5.41) is 4.86. The third-order valence-corrected chi connectivity index (χ3v) is 4.77. The fourth-order valence-corrected chi connectivity index (χ4v) is 3.56. The summed E-state index contributed by atoms with van der Waals surface area (Å²) in [5.74, 6) is -0.0186. The van der Waals surface area contributed by atoms with Gasteiger partial charge in [0.2, 0.25) is 0 Å². The summed E-state index contributed by atoms with van der Waals surface area (Å²) in [7, 11) is 0. The average molecular weight is 386 g/mol. The number of hydrogen-bond acceptors (Lipinski definition) is 6. The Morgan fingerprint density at radius 2 is 1.89 bits per heavy atom. The van der Waals surface area contributed by atoms with Gasteiger partial charge < -0.3 is 13.9 Å². The molecule has 0 unspecified atom stereocenters. The van der Waals surface area contributed by atoms with E-state index in [1.807, 2.05) is 23.8 Å². The minimum absolute atomic E-state index is 0.414. The van der Waals surface area contributed by atoms with Crippen LogP contribution >= 0.6 is 11.3 Å². The molecule has 0 bridgehead atoms. The Morgan fingerprint density at radius 3 is 2.52 bits per heavy atom. The van der Waals surface area contributed by atoms with Crippen LogP contribution in [0.15, 0.2) is 44.2 Å². The number of hydrogen-bond donors (Lipinski definition) is 0. The van der Waals surface area contributed by atoms with Crippen LogP contribution in [-0.4, -0.2) is 17.7 Å². The van der Waals surface area contributed by atoms with Crippen LogP contribution in [0.4, 0.5) is 0 Å². The molecule has 0 fully saturated rings. The summed E-state index contributed by atoms with van der Waals surface area (Å²) in [6, 6.07) is 6.72. The Morgan fingerprint density at radius 1 is 1.15 bits per heavy atom. The lowest BCUT2D eigenvalue weighted by Crippen LogP contribution is -2.33. The van der Waals surface area contributed by atoms with Gasteiger partial charge in [-0.3, -0.25) is 0 Å². The first-order valence-corrected chi connectivity index (χ1v) is 9.59. The molecule has 0 saturated carbocycles. The van der Waals surface area contributed by atoms with E-state index in [4.69, 9.17) is 13.9 Å². The van der Waals surface area contributed by atoms with Crippen LogP contribution < -0.4 is 10.4 Å². The van der Waals surface area contributed by atoms with Crippen molar-refractivity contribution in [3.05, 3.63) is 51.0 Å². The van der Waals surface area contributed by atoms with E-state index in [1.165, 1.54) is 6.07 Å². The Balaban J connectivity index is 1.93. The largest absolute Gasteiger partial charge is 0.479 e. The lowest BCUT2D eigenvalue weighted by Gasteiger charge is -2.22. The molecule has 0 radical (unpaired) electrons. The number of carbonyl (C=O) groups is 1. The van der Waals surface area contributed by atoms with Gasteiger partial charge in [-0.05, 0) is 68.6 Å². The van der Waals surface area contributed by atoms with Crippen molar-refractivity contribution in [1.82, 2.24) is 0 Å². The van der Waals surface area contributed by atoms with Gasteiger partial charge in [0.1, 0.15) is 16.9 Å². The number of esters is 1. The fourth-order valence-electron chi connectivity index (χ4n) is 2.71. The molecule has 0 saturated heterocycles. The van der Waals surface area contributed by atoms with Crippen molar-refractivity contribution in [1.29, 1.82) is 0 Å². The second-order valence-electron chi connectivity index (χ2n) is 7.40. The third-order valence-electron chi connectivity index (χ3n) is 3.91. The summed E-state index contributed by atoms with van der Waals surface area (Å²) < 4.78 is 16.4. The number of thiophene rings is 1. The molecule has 0 amide bonds. The van der Waals surface area contributed by atoms with E-state index in [-0.39, 0.29) is 0 Å². The highest BCUT2D eigenvalue weighted by Crippen LogP contribution is 2.33. The minimum atomic E-state index is -0.782. The molecule has 0 aliphatic rings. The van der Waals surface area contributed by atoms with E-state index < -0.39 is 23.3 Å². The van der Waals surface area contributed by atoms with Gasteiger partial charge in [-0.15, -0.1) is 0 Å². The predicted octanol–water partition coefficient (Wildman–Crippen LogP) is 4.94. The number of carbonyl (C=O) groups excluding carboxylic acids is 1. The highest BCUT2D eigenvalue weighted by molar-refractivity contribution is 7.08. The first-order valence-electron chi connectivity index (χ1n) is 8.64. The Bertz CT molecular complexity index is 1040. The van der Waals surface area contributed by atoms with Gasteiger partial charge in [0, 0.05) is 23.1 Å². The Hall–Kier alpha value is -2.60. The fraction of sp³-hybridized carbons (Fsp3) is 0.333. The molecule has 1 atom stereocenters. The van der Waals surface area contributed by atoms with Crippen LogP contribution in [0.3, 0.4) is 0 Å². The number of aryl methyl sites for hydroxylation is 1. The predicted molar refractivity (Wildman–Crippen MR) is 106 cm³/mol. The van der Waals surface area contributed by atoms with Gasteiger partial charge in [0.15, 0.2) is 6.10 Å². The number of fused-ring (bicyclic) bond motifs is 1. The topological polar surface area (TPSA) is 65.7 Å². The highest BCUT2D eigenvalue weighted by atomic mass is 32.1. The van der Waals surface area contributed by atoms with Crippen molar-refractivity contribution in [3.63, 3.8) is 0 Å². The second-order valence-corrected chi connectivity index (χ2v) is 8.14. The van der Waals surface area contributed by atoms with E-state index in [2.05, 4.69) is 0 Å². The number of benzene rings is 1. The van der Waals surface area contributed by atoms with Crippen LogP contribution in [-0.2, 0) is 9.53 Å². The molecule has 0 spiro atoms. The van der Waals surface area contributed by atoms with Crippen LogP contribution in [0.1, 0.15) is 33.3 Å². The normalized spacial score (nSPS) is 12.8. The molecular weight excluding hydrogens is 364 g/mol. The van der Waals surface area contributed by atoms with Crippen molar-refractivity contribution in [2.24, 2.45) is 0 Å². The SMILES string of the molecule is Cc1cscc1-c1cc(=O)oc2cc(O[C@H](C)C(=O)OC(C)(C)C)ccc12. The molecule has 27 heavy (non-hydrogen) atoms. The maximum Gasteiger partial charge on any atom is 0.347 e. The number of rotatable bonds is 4. The second kappa shape index (κ2) is 7.19. The number of ether oxygens (including phenoxy) is 2. The van der Waals surface area contributed by atoms with Crippen molar-refractivity contribution >= 4 is 28.3 Å². The quantitative estimate of drug-likeness (QED) is 0.469. The van der Waals surface area contributed by atoms with Gasteiger partial charge in [-0.25, -0.2) is 9.59 Å². The van der Waals surface area contributed by atoms with Crippen LogP contribution in [0.2, 0.25) is 0 Å². The van der Waals surface area contributed by atoms with E-state index in [9.17, 15) is 9.59 Å². The Kier molecular flexibility index (Phi) is 5.11. The maximum atomic E-state index is 12.1. The van der Waals surface area contributed by atoms with E-state index in [0.29, 0.717) is 11.3 Å². The average Bonchev–Trinajstić information content (AvgIpc) is 2.98. The van der Waals surface area contributed by atoms with Gasteiger partial charge >= 0.3 is 11.6 Å². The smallest absolute Gasteiger partial charge is 0.347 e. The first kappa shape index (κ1) is 19.2. The zero-order valence-electron chi connectivity index (χ0n) is 16.0. The lowest BCUT2D eigenvalue weighted by molar-refractivity contribution is -0.162. The summed E-state index contributed by atoms with van der Waals surface area (Å²) in [4.78, 5) is 24.1. The zero-order valence-corrected chi connectivity index (χ0v) is 16.8. The molecule has 1 aromatic carbocycles. The van der Waals surface area contributed by atoms with Crippen molar-refractivity contribution in [3.8, 4) is 16.9 Å². The maximum absolute atomic E-state index is 12.1. The molecular formula is C21H22O5S. The van der Waals surface area contributed by atoms with Gasteiger partial charge in [0.25, 0.3) is 0 Å². The Labute approximate surface area is 161 Å². The third kappa shape index (κ3) is 4.39. The molecule has 0 aliphatic heterocycles. The molecule has 2 aromatic heterocycles. The minimum Gasteiger partial charge on any atom is -0.479 e. The monoisotopic (exact) mass is 386 g/mol.